The van der Waals surface area contributed by atoms with Gasteiger partial charge in [0.2, 0.25) is 5.91 Å². The van der Waals surface area contributed by atoms with Crippen LogP contribution in [0.15, 0.2) is 12.2 Å². The topological polar surface area (TPSA) is 95.9 Å². The third-order valence-corrected chi connectivity index (χ3v) is 17.8. The third kappa shape index (κ3) is 67.6. The quantitative estimate of drug-likeness (QED) is 0.0320. The Kier molecular flexibility index (Phi) is 69.9. The van der Waals surface area contributed by atoms with Crippen LogP contribution in [0.4, 0.5) is 0 Å². The first-order valence-electron chi connectivity index (χ1n) is 37.4. The number of ether oxygens (including phenoxy) is 1. The molecule has 0 aliphatic heterocycles. The van der Waals surface area contributed by atoms with Gasteiger partial charge in [0, 0.05) is 12.8 Å². The summed E-state index contributed by atoms with van der Waals surface area (Å²) in [7, 11) is 0. The van der Waals surface area contributed by atoms with Crippen molar-refractivity contribution in [3.8, 4) is 0 Å². The highest BCUT2D eigenvalue weighted by Gasteiger charge is 2.20. The van der Waals surface area contributed by atoms with E-state index in [-0.39, 0.29) is 18.5 Å². The van der Waals surface area contributed by atoms with E-state index in [1.807, 2.05) is 0 Å². The molecule has 482 valence electrons. The van der Waals surface area contributed by atoms with Gasteiger partial charge in [0.25, 0.3) is 0 Å². The summed E-state index contributed by atoms with van der Waals surface area (Å²) in [6.07, 6.45) is 88.5. The van der Waals surface area contributed by atoms with E-state index >= 15 is 0 Å². The molecule has 0 aromatic carbocycles. The van der Waals surface area contributed by atoms with Crippen molar-refractivity contribution in [3.05, 3.63) is 12.2 Å². The molecule has 0 rings (SSSR count). The number of aliphatic hydroxyl groups is 2. The number of aliphatic hydroxyl groups excluding tert-OH is 2. The maximum absolute atomic E-state index is 12.5. The Morgan fingerprint density at radius 1 is 0.333 bits per heavy atom. The van der Waals surface area contributed by atoms with Crippen molar-refractivity contribution in [2.24, 2.45) is 0 Å². The molecule has 0 aliphatic carbocycles. The van der Waals surface area contributed by atoms with Crippen LogP contribution in [0, 0.1) is 0 Å². The smallest absolute Gasteiger partial charge is 0.305 e. The van der Waals surface area contributed by atoms with E-state index in [0.717, 1.165) is 38.5 Å². The highest BCUT2D eigenvalue weighted by molar-refractivity contribution is 5.76. The van der Waals surface area contributed by atoms with Crippen molar-refractivity contribution >= 4 is 11.9 Å². The lowest BCUT2D eigenvalue weighted by atomic mass is 10.0. The zero-order chi connectivity index (χ0) is 58.5. The molecule has 0 spiro atoms. The molecule has 0 radical (unpaired) electrons. The third-order valence-electron chi connectivity index (χ3n) is 17.8. The average molecular weight is 1140 g/mol. The molecule has 81 heavy (non-hydrogen) atoms. The summed E-state index contributed by atoms with van der Waals surface area (Å²) in [4.78, 5) is 24.7. The molecule has 6 nitrogen and oxygen atoms in total. The molecule has 0 bridgehead atoms. The van der Waals surface area contributed by atoms with E-state index in [0.29, 0.717) is 25.9 Å². The van der Waals surface area contributed by atoms with Gasteiger partial charge in [-0.25, -0.2) is 0 Å². The summed E-state index contributed by atoms with van der Waals surface area (Å²) in [6, 6.07) is -0.539. The molecule has 2 unspecified atom stereocenters. The molecule has 0 aromatic heterocycles. The number of nitrogens with one attached hydrogen (secondary N) is 1. The second kappa shape index (κ2) is 71.1. The lowest BCUT2D eigenvalue weighted by Gasteiger charge is -2.22. The van der Waals surface area contributed by atoms with Crippen molar-refractivity contribution < 1.29 is 24.5 Å². The largest absolute Gasteiger partial charge is 0.466 e. The van der Waals surface area contributed by atoms with Crippen molar-refractivity contribution in [3.63, 3.8) is 0 Å². The Hall–Kier alpha value is -1.40. The highest BCUT2D eigenvalue weighted by atomic mass is 16.5. The van der Waals surface area contributed by atoms with Crippen LogP contribution < -0.4 is 5.32 Å². The zero-order valence-electron chi connectivity index (χ0n) is 55.3. The van der Waals surface area contributed by atoms with E-state index < -0.39 is 12.1 Å². The zero-order valence-corrected chi connectivity index (χ0v) is 55.3. The van der Waals surface area contributed by atoms with E-state index in [9.17, 15) is 19.8 Å². The normalized spacial score (nSPS) is 12.5. The summed E-state index contributed by atoms with van der Waals surface area (Å²) in [5, 5.41) is 23.4. The van der Waals surface area contributed by atoms with E-state index in [1.54, 1.807) is 0 Å². The number of hydrogen-bond donors (Lipinski definition) is 3. The number of hydrogen-bond acceptors (Lipinski definition) is 5. The lowest BCUT2D eigenvalue weighted by molar-refractivity contribution is -0.143. The molecule has 1 amide bonds. The van der Waals surface area contributed by atoms with Crippen LogP contribution in [0.3, 0.4) is 0 Å². The Balaban J connectivity index is 3.33. The van der Waals surface area contributed by atoms with Crippen LogP contribution in [0.2, 0.25) is 0 Å². The Labute approximate surface area is 508 Å². The van der Waals surface area contributed by atoms with Gasteiger partial charge in [0.15, 0.2) is 0 Å². The molecule has 0 heterocycles. The Morgan fingerprint density at radius 3 is 0.877 bits per heavy atom. The fourth-order valence-electron chi connectivity index (χ4n) is 12.1. The molecule has 0 saturated heterocycles. The van der Waals surface area contributed by atoms with Gasteiger partial charge in [-0.2, -0.15) is 0 Å². The van der Waals surface area contributed by atoms with Gasteiger partial charge < -0.3 is 20.3 Å². The monoisotopic (exact) mass is 1140 g/mol. The van der Waals surface area contributed by atoms with Gasteiger partial charge in [-0.05, 0) is 51.4 Å². The standard InChI is InChI=1S/C75H147NO5/c1-3-5-7-9-11-13-15-17-19-21-32-37-41-45-49-53-57-61-65-69-75(80)81-70-66-62-58-54-50-46-42-38-34-31-29-27-25-23-24-26-28-30-33-36-40-44-48-52-56-60-64-68-74(79)76-72(71-77)73(78)67-63-59-55-51-47-43-39-35-22-20-18-16-14-12-10-8-6-4-2/h17,19,72-73,77-78H,3-16,18,20-71H2,1-2H3,(H,76,79)/b19-17-. The minimum atomic E-state index is -0.662. The minimum absolute atomic E-state index is 0.0189. The highest BCUT2D eigenvalue weighted by Crippen LogP contribution is 2.20. The van der Waals surface area contributed by atoms with Crippen molar-refractivity contribution in [1.29, 1.82) is 0 Å². The van der Waals surface area contributed by atoms with Crippen LogP contribution in [-0.2, 0) is 14.3 Å². The van der Waals surface area contributed by atoms with E-state index in [4.69, 9.17) is 4.74 Å². The molecular formula is C75H147NO5. The predicted octanol–water partition coefficient (Wildman–Crippen LogP) is 24.3. The van der Waals surface area contributed by atoms with Crippen LogP contribution in [0.5, 0.6) is 0 Å². The van der Waals surface area contributed by atoms with Gasteiger partial charge in [-0.1, -0.05) is 379 Å². The summed E-state index contributed by atoms with van der Waals surface area (Å²) in [5.41, 5.74) is 0. The number of amides is 1. The Bertz CT molecular complexity index is 1220. The van der Waals surface area contributed by atoms with Crippen LogP contribution in [-0.4, -0.2) is 47.4 Å². The van der Waals surface area contributed by atoms with Gasteiger partial charge in [0.05, 0.1) is 25.4 Å². The first-order chi connectivity index (χ1) is 40.0. The minimum Gasteiger partial charge on any atom is -0.466 e. The van der Waals surface area contributed by atoms with E-state index in [1.165, 1.54) is 360 Å². The van der Waals surface area contributed by atoms with Crippen molar-refractivity contribution in [1.82, 2.24) is 5.32 Å². The number of allylic oxidation sites excluding steroid dienone is 2. The molecule has 0 aliphatic rings. The summed E-state index contributed by atoms with van der Waals surface area (Å²) in [5.74, 6) is -0.00867. The summed E-state index contributed by atoms with van der Waals surface area (Å²) >= 11 is 0. The van der Waals surface area contributed by atoms with E-state index in [2.05, 4.69) is 31.3 Å². The SMILES string of the molecule is CCCCCCCC/C=C\CCCCCCCCCCCC(=O)OCCCCCCCCCCCCCCCCCCCCCCCCCCCCCC(=O)NC(CO)C(O)CCCCCCCCCCCCCCCCCCCC. The number of rotatable bonds is 71. The molecular weight excluding hydrogens is 995 g/mol. The first-order valence-corrected chi connectivity index (χ1v) is 37.4. The van der Waals surface area contributed by atoms with Gasteiger partial charge in [0.1, 0.15) is 0 Å². The second-order valence-corrected chi connectivity index (χ2v) is 26.0. The average Bonchev–Trinajstić information content (AvgIpc) is 3.47. The second-order valence-electron chi connectivity index (χ2n) is 26.0. The number of unbranched alkanes of at least 4 members (excludes halogenated alkanes) is 58. The molecule has 0 aromatic rings. The van der Waals surface area contributed by atoms with Crippen molar-refractivity contribution in [2.45, 2.75) is 443 Å². The van der Waals surface area contributed by atoms with Crippen LogP contribution in [0.1, 0.15) is 431 Å². The molecule has 0 saturated carbocycles. The fraction of sp³-hybridized carbons (Fsp3) is 0.947. The lowest BCUT2D eigenvalue weighted by Crippen LogP contribution is -2.45. The predicted molar refractivity (Wildman–Crippen MR) is 357 cm³/mol. The molecule has 0 fully saturated rings. The van der Waals surface area contributed by atoms with Gasteiger partial charge >= 0.3 is 5.97 Å². The maximum Gasteiger partial charge on any atom is 0.305 e. The number of carbonyl (C=O) groups is 2. The van der Waals surface area contributed by atoms with Gasteiger partial charge in [-0.15, -0.1) is 0 Å². The molecule has 6 heteroatoms. The molecule has 2 atom stereocenters. The van der Waals surface area contributed by atoms with Crippen molar-refractivity contribution in [2.75, 3.05) is 13.2 Å². The van der Waals surface area contributed by atoms with Gasteiger partial charge in [-0.3, -0.25) is 9.59 Å². The number of carbonyl (C=O) groups excluding carboxylic acids is 2. The van der Waals surface area contributed by atoms with Crippen LogP contribution in [0.25, 0.3) is 0 Å². The Morgan fingerprint density at radius 2 is 0.580 bits per heavy atom. The molecule has 3 N–H and O–H groups in total. The first kappa shape index (κ1) is 79.6. The summed E-state index contributed by atoms with van der Waals surface area (Å²) < 4.78 is 5.51. The van der Waals surface area contributed by atoms with Crippen LogP contribution >= 0.6 is 0 Å². The maximum atomic E-state index is 12.5. The number of esters is 1. The fourth-order valence-corrected chi connectivity index (χ4v) is 12.1. The summed E-state index contributed by atoms with van der Waals surface area (Å²) in [6.45, 7) is 5.00.